The lowest BCUT2D eigenvalue weighted by Crippen LogP contribution is -2.40. The molecular formula is C22H31N5O4S2. The van der Waals surface area contributed by atoms with E-state index < -0.39 is 15.3 Å². The van der Waals surface area contributed by atoms with Crippen molar-refractivity contribution in [1.29, 1.82) is 0 Å². The molecule has 0 bridgehead atoms. The molecule has 33 heavy (non-hydrogen) atoms. The Kier molecular flexibility index (Phi) is 7.72. The van der Waals surface area contributed by atoms with Gasteiger partial charge in [0.15, 0.2) is 0 Å². The summed E-state index contributed by atoms with van der Waals surface area (Å²) in [5, 5.41) is 10.2. The Morgan fingerprint density at radius 3 is 2.76 bits per heavy atom. The van der Waals surface area contributed by atoms with Gasteiger partial charge in [0.05, 0.1) is 23.4 Å². The number of ether oxygens (including phenoxy) is 1. The number of aromatic amines is 1. The Labute approximate surface area is 199 Å². The average Bonchev–Trinajstić information content (AvgIpc) is 3.48. The second-order valence-corrected chi connectivity index (χ2v) is 11.9. The second kappa shape index (κ2) is 10.5. The summed E-state index contributed by atoms with van der Waals surface area (Å²) in [6.45, 7) is 4.95. The first-order valence-corrected chi connectivity index (χ1v) is 13.7. The predicted molar refractivity (Wildman–Crippen MR) is 127 cm³/mol. The van der Waals surface area contributed by atoms with E-state index in [1.807, 2.05) is 0 Å². The number of thioether (sulfide) groups is 1. The molecule has 1 saturated carbocycles. The van der Waals surface area contributed by atoms with Crippen LogP contribution in [0.15, 0.2) is 28.3 Å². The minimum absolute atomic E-state index is 0.202. The number of aromatic nitrogens is 3. The summed E-state index contributed by atoms with van der Waals surface area (Å²) in [5.41, 5.74) is 1.08. The van der Waals surface area contributed by atoms with E-state index in [1.54, 1.807) is 26.0 Å². The van der Waals surface area contributed by atoms with Gasteiger partial charge in [-0.15, -0.1) is 5.10 Å². The van der Waals surface area contributed by atoms with E-state index in [2.05, 4.69) is 20.5 Å². The van der Waals surface area contributed by atoms with Crippen molar-refractivity contribution >= 4 is 33.4 Å². The van der Waals surface area contributed by atoms with Crippen molar-refractivity contribution in [1.82, 2.24) is 19.5 Å². The number of carbonyl (C=O) groups is 1. The molecule has 180 valence electrons. The van der Waals surface area contributed by atoms with Gasteiger partial charge in [-0.1, -0.05) is 43.5 Å². The highest BCUT2D eigenvalue weighted by atomic mass is 32.2. The lowest BCUT2D eigenvalue weighted by Gasteiger charge is -2.27. The van der Waals surface area contributed by atoms with Crippen molar-refractivity contribution in [2.24, 2.45) is 5.92 Å². The minimum atomic E-state index is -3.65. The highest BCUT2D eigenvalue weighted by molar-refractivity contribution is 8.00. The highest BCUT2D eigenvalue weighted by Crippen LogP contribution is 2.29. The largest absolute Gasteiger partial charge is 0.379 e. The van der Waals surface area contributed by atoms with Crippen LogP contribution in [0.1, 0.15) is 44.0 Å². The Balaban J connectivity index is 1.38. The van der Waals surface area contributed by atoms with Crippen molar-refractivity contribution in [2.45, 2.75) is 61.3 Å². The number of morpholine rings is 1. The van der Waals surface area contributed by atoms with Crippen LogP contribution in [0.4, 0.5) is 5.69 Å². The van der Waals surface area contributed by atoms with Gasteiger partial charge in [0.25, 0.3) is 0 Å². The number of anilines is 1. The Hall–Kier alpha value is -1.95. The number of nitrogens with one attached hydrogen (secondary N) is 2. The molecule has 1 saturated heterocycles. The molecule has 1 aliphatic carbocycles. The second-order valence-electron chi connectivity index (χ2n) is 8.67. The SMILES string of the molecule is Cc1ccc(NC(=O)C(C)Sc2n[nH]c(CC3CCCC3)n2)cc1S(=O)(=O)N1CCOCC1. The highest BCUT2D eigenvalue weighted by Gasteiger charge is 2.28. The third-order valence-corrected chi connectivity index (χ3v) is 9.16. The molecule has 2 heterocycles. The zero-order valence-corrected chi connectivity index (χ0v) is 20.7. The van der Waals surface area contributed by atoms with Gasteiger partial charge < -0.3 is 10.1 Å². The summed E-state index contributed by atoms with van der Waals surface area (Å²) >= 11 is 1.28. The van der Waals surface area contributed by atoms with Gasteiger partial charge in [-0.25, -0.2) is 13.4 Å². The predicted octanol–water partition coefficient (Wildman–Crippen LogP) is 2.99. The molecule has 2 N–H and O–H groups in total. The molecule has 1 aromatic carbocycles. The molecule has 1 aromatic heterocycles. The molecule has 1 atom stereocenters. The molecule has 9 nitrogen and oxygen atoms in total. The Morgan fingerprint density at radius 1 is 1.30 bits per heavy atom. The first kappa shape index (κ1) is 24.2. The zero-order valence-electron chi connectivity index (χ0n) is 19.0. The molecule has 0 spiro atoms. The fourth-order valence-electron chi connectivity index (χ4n) is 4.25. The molecule has 0 radical (unpaired) electrons. The van der Waals surface area contributed by atoms with Crippen LogP contribution in [0.2, 0.25) is 0 Å². The number of rotatable bonds is 8. The maximum absolute atomic E-state index is 13.1. The lowest BCUT2D eigenvalue weighted by atomic mass is 10.0. The molecule has 1 amide bonds. The van der Waals surface area contributed by atoms with Crippen LogP contribution in [-0.4, -0.2) is 65.4 Å². The summed E-state index contributed by atoms with van der Waals surface area (Å²) in [6, 6.07) is 4.96. The van der Waals surface area contributed by atoms with Crippen molar-refractivity contribution in [3.63, 3.8) is 0 Å². The Bertz CT molecular complexity index is 1080. The van der Waals surface area contributed by atoms with E-state index in [0.29, 0.717) is 48.6 Å². The first-order valence-electron chi connectivity index (χ1n) is 11.4. The normalized spacial score (nSPS) is 19.0. The average molecular weight is 494 g/mol. The summed E-state index contributed by atoms with van der Waals surface area (Å²) in [6.07, 6.45) is 5.94. The topological polar surface area (TPSA) is 117 Å². The van der Waals surface area contributed by atoms with Crippen LogP contribution < -0.4 is 5.32 Å². The minimum Gasteiger partial charge on any atom is -0.379 e. The number of hydrogen-bond donors (Lipinski definition) is 2. The molecule has 2 aromatic rings. The molecule has 2 fully saturated rings. The fraction of sp³-hybridized carbons (Fsp3) is 0.591. The number of aryl methyl sites for hydroxylation is 1. The van der Waals surface area contributed by atoms with Crippen molar-refractivity contribution in [2.75, 3.05) is 31.6 Å². The third-order valence-electron chi connectivity index (χ3n) is 6.16. The summed E-state index contributed by atoms with van der Waals surface area (Å²) in [4.78, 5) is 17.5. The fourth-order valence-corrected chi connectivity index (χ4v) is 6.65. The van der Waals surface area contributed by atoms with E-state index in [1.165, 1.54) is 47.8 Å². The monoisotopic (exact) mass is 493 g/mol. The number of sulfonamides is 1. The van der Waals surface area contributed by atoms with Gasteiger partial charge in [-0.3, -0.25) is 9.89 Å². The third kappa shape index (κ3) is 5.95. The summed E-state index contributed by atoms with van der Waals surface area (Å²) in [7, 11) is -3.65. The standard InChI is InChI=1S/C22H31N5O4S2/c1-15-7-8-18(14-19(15)33(29,30)27-9-11-31-12-10-27)23-21(28)16(2)32-22-24-20(25-26-22)13-17-5-3-4-6-17/h7-8,14,16-17H,3-6,9-13H2,1-2H3,(H,23,28)(H,24,25,26). The van der Waals surface area contributed by atoms with Gasteiger partial charge in [0.1, 0.15) is 5.82 Å². The van der Waals surface area contributed by atoms with E-state index in [9.17, 15) is 13.2 Å². The number of benzene rings is 1. The van der Waals surface area contributed by atoms with E-state index >= 15 is 0 Å². The smallest absolute Gasteiger partial charge is 0.243 e. The Morgan fingerprint density at radius 2 is 2.03 bits per heavy atom. The molecular weight excluding hydrogens is 462 g/mol. The van der Waals surface area contributed by atoms with Crippen molar-refractivity contribution in [3.05, 3.63) is 29.6 Å². The van der Waals surface area contributed by atoms with Crippen LogP contribution in [0.5, 0.6) is 0 Å². The number of carbonyl (C=O) groups excluding carboxylic acids is 1. The first-order chi connectivity index (χ1) is 15.8. The van der Waals surface area contributed by atoms with Crippen molar-refractivity contribution in [3.8, 4) is 0 Å². The lowest BCUT2D eigenvalue weighted by molar-refractivity contribution is -0.115. The number of H-pyrrole nitrogens is 1. The number of hydrogen-bond acceptors (Lipinski definition) is 7. The summed E-state index contributed by atoms with van der Waals surface area (Å²) in [5.74, 6) is 1.30. The van der Waals surface area contributed by atoms with E-state index in [4.69, 9.17) is 4.74 Å². The molecule has 11 heteroatoms. The molecule has 1 unspecified atom stereocenters. The van der Waals surface area contributed by atoms with Gasteiger partial charge in [-0.2, -0.15) is 4.31 Å². The van der Waals surface area contributed by atoms with Gasteiger partial charge in [0, 0.05) is 25.2 Å². The van der Waals surface area contributed by atoms with Crippen LogP contribution in [0, 0.1) is 12.8 Å². The van der Waals surface area contributed by atoms with E-state index in [0.717, 1.165) is 12.2 Å². The van der Waals surface area contributed by atoms with Crippen LogP contribution in [0.25, 0.3) is 0 Å². The van der Waals surface area contributed by atoms with Gasteiger partial charge in [0.2, 0.25) is 21.1 Å². The van der Waals surface area contributed by atoms with Crippen molar-refractivity contribution < 1.29 is 17.9 Å². The van der Waals surface area contributed by atoms with Crippen LogP contribution >= 0.6 is 11.8 Å². The number of nitrogens with zero attached hydrogens (tertiary/aromatic N) is 3. The molecule has 4 rings (SSSR count). The molecule has 2 aliphatic rings. The van der Waals surface area contributed by atoms with Gasteiger partial charge in [-0.05, 0) is 37.5 Å². The summed E-state index contributed by atoms with van der Waals surface area (Å²) < 4.78 is 32.9. The maximum atomic E-state index is 13.1. The maximum Gasteiger partial charge on any atom is 0.243 e. The number of amides is 1. The molecule has 1 aliphatic heterocycles. The van der Waals surface area contributed by atoms with Crippen LogP contribution in [-0.2, 0) is 26.0 Å². The van der Waals surface area contributed by atoms with Gasteiger partial charge >= 0.3 is 0 Å². The van der Waals surface area contributed by atoms with E-state index in [-0.39, 0.29) is 10.8 Å². The zero-order chi connectivity index (χ0) is 23.4. The van der Waals surface area contributed by atoms with Crippen LogP contribution in [0.3, 0.4) is 0 Å². The quantitative estimate of drug-likeness (QED) is 0.543.